The molecule has 1 aromatic rings. The van der Waals surface area contributed by atoms with Crippen LogP contribution in [-0.2, 0) is 0 Å². The number of pyridine rings is 1. The van der Waals surface area contributed by atoms with E-state index in [2.05, 4.69) is 22.5 Å². The second kappa shape index (κ2) is 5.82. The molecule has 1 atom stereocenters. The molecule has 2 rings (SSSR count). The van der Waals surface area contributed by atoms with Gasteiger partial charge < -0.3 is 10.1 Å². The van der Waals surface area contributed by atoms with E-state index in [-0.39, 0.29) is 6.10 Å². The van der Waals surface area contributed by atoms with Crippen LogP contribution in [0.15, 0.2) is 24.5 Å². The smallest absolute Gasteiger partial charge is 0.138 e. The van der Waals surface area contributed by atoms with Gasteiger partial charge in [-0.2, -0.15) is 0 Å². The molecular weight excluding hydrogens is 212 g/mol. The maximum atomic E-state index is 5.62. The highest BCUT2D eigenvalue weighted by atomic mass is 16.5. The summed E-state index contributed by atoms with van der Waals surface area (Å²) in [7, 11) is 0. The Bertz CT molecular complexity index is 382. The SMILES string of the molecule is CC(C)Oc1cncc(C=C[C@@H]2CCNC2)c1. The lowest BCUT2D eigenvalue weighted by Gasteiger charge is -2.09. The summed E-state index contributed by atoms with van der Waals surface area (Å²) in [6, 6.07) is 2.03. The summed E-state index contributed by atoms with van der Waals surface area (Å²) in [5, 5.41) is 3.35. The lowest BCUT2D eigenvalue weighted by molar-refractivity contribution is 0.241. The molecule has 1 aromatic heterocycles. The molecule has 0 saturated carbocycles. The van der Waals surface area contributed by atoms with Gasteiger partial charge in [0.25, 0.3) is 0 Å². The molecule has 0 unspecified atom stereocenters. The van der Waals surface area contributed by atoms with Crippen LogP contribution in [0.1, 0.15) is 25.8 Å². The second-order valence-corrected chi connectivity index (χ2v) is 4.73. The molecule has 3 heteroatoms. The van der Waals surface area contributed by atoms with Crippen molar-refractivity contribution >= 4 is 6.08 Å². The van der Waals surface area contributed by atoms with Crippen LogP contribution in [0.4, 0.5) is 0 Å². The van der Waals surface area contributed by atoms with E-state index in [9.17, 15) is 0 Å². The molecule has 0 radical (unpaired) electrons. The largest absolute Gasteiger partial charge is 0.489 e. The first kappa shape index (κ1) is 12.1. The molecule has 0 aliphatic carbocycles. The molecular formula is C14H20N2O. The van der Waals surface area contributed by atoms with Gasteiger partial charge in [0.05, 0.1) is 12.3 Å². The number of hydrogen-bond acceptors (Lipinski definition) is 3. The van der Waals surface area contributed by atoms with Crippen molar-refractivity contribution in [2.24, 2.45) is 5.92 Å². The van der Waals surface area contributed by atoms with Crippen molar-refractivity contribution in [2.75, 3.05) is 13.1 Å². The summed E-state index contributed by atoms with van der Waals surface area (Å²) in [6.45, 7) is 6.26. The quantitative estimate of drug-likeness (QED) is 0.866. The van der Waals surface area contributed by atoms with Crippen molar-refractivity contribution in [1.29, 1.82) is 0 Å². The number of ether oxygens (including phenoxy) is 1. The van der Waals surface area contributed by atoms with Crippen molar-refractivity contribution < 1.29 is 4.74 Å². The van der Waals surface area contributed by atoms with Gasteiger partial charge in [0.15, 0.2) is 0 Å². The molecule has 1 aliphatic rings. The monoisotopic (exact) mass is 232 g/mol. The maximum absolute atomic E-state index is 5.62. The van der Waals surface area contributed by atoms with Gasteiger partial charge in [-0.05, 0) is 44.4 Å². The van der Waals surface area contributed by atoms with E-state index in [4.69, 9.17) is 4.74 Å². The average molecular weight is 232 g/mol. The summed E-state index contributed by atoms with van der Waals surface area (Å²) in [5.74, 6) is 1.50. The lowest BCUT2D eigenvalue weighted by atomic mass is 10.1. The van der Waals surface area contributed by atoms with Crippen molar-refractivity contribution in [3.05, 3.63) is 30.1 Å². The van der Waals surface area contributed by atoms with E-state index in [1.54, 1.807) is 6.20 Å². The average Bonchev–Trinajstić information content (AvgIpc) is 2.79. The van der Waals surface area contributed by atoms with Gasteiger partial charge in [0.2, 0.25) is 0 Å². The lowest BCUT2D eigenvalue weighted by Crippen LogP contribution is -2.07. The van der Waals surface area contributed by atoms with Crippen LogP contribution in [0, 0.1) is 5.92 Å². The fourth-order valence-electron chi connectivity index (χ4n) is 1.95. The first-order valence-corrected chi connectivity index (χ1v) is 6.24. The zero-order chi connectivity index (χ0) is 12.1. The van der Waals surface area contributed by atoms with Crippen molar-refractivity contribution in [3.63, 3.8) is 0 Å². The topological polar surface area (TPSA) is 34.1 Å². The van der Waals surface area contributed by atoms with Gasteiger partial charge in [-0.3, -0.25) is 4.98 Å². The molecule has 92 valence electrons. The summed E-state index contributed by atoms with van der Waals surface area (Å²) in [5.41, 5.74) is 1.11. The third-order valence-electron chi connectivity index (χ3n) is 2.77. The Hall–Kier alpha value is -1.35. The third-order valence-corrected chi connectivity index (χ3v) is 2.77. The predicted octanol–water partition coefficient (Wildman–Crippen LogP) is 2.49. The maximum Gasteiger partial charge on any atom is 0.138 e. The van der Waals surface area contributed by atoms with Crippen LogP contribution in [0.5, 0.6) is 5.75 Å². The first-order chi connectivity index (χ1) is 8.24. The minimum Gasteiger partial charge on any atom is -0.489 e. The Kier molecular flexibility index (Phi) is 4.15. The van der Waals surface area contributed by atoms with Gasteiger partial charge in [0.1, 0.15) is 5.75 Å². The molecule has 2 heterocycles. The van der Waals surface area contributed by atoms with Crippen LogP contribution >= 0.6 is 0 Å². The van der Waals surface area contributed by atoms with E-state index in [0.29, 0.717) is 5.92 Å². The van der Waals surface area contributed by atoms with Gasteiger partial charge in [-0.15, -0.1) is 0 Å². The van der Waals surface area contributed by atoms with Crippen molar-refractivity contribution in [1.82, 2.24) is 10.3 Å². The van der Waals surface area contributed by atoms with Gasteiger partial charge in [-0.25, -0.2) is 0 Å². The number of hydrogen-bond donors (Lipinski definition) is 1. The molecule has 0 amide bonds. The van der Waals surface area contributed by atoms with Crippen LogP contribution in [-0.4, -0.2) is 24.2 Å². The van der Waals surface area contributed by atoms with E-state index in [1.165, 1.54) is 6.42 Å². The normalized spacial score (nSPS) is 20.3. The molecule has 0 bridgehead atoms. The Balaban J connectivity index is 2.00. The number of aromatic nitrogens is 1. The zero-order valence-corrected chi connectivity index (χ0v) is 10.5. The van der Waals surface area contributed by atoms with Crippen LogP contribution in [0.3, 0.4) is 0 Å². The molecule has 1 N–H and O–H groups in total. The zero-order valence-electron chi connectivity index (χ0n) is 10.5. The van der Waals surface area contributed by atoms with E-state index in [0.717, 1.165) is 24.4 Å². The van der Waals surface area contributed by atoms with E-state index in [1.807, 2.05) is 26.1 Å². The van der Waals surface area contributed by atoms with Crippen LogP contribution in [0.25, 0.3) is 6.08 Å². The highest BCUT2D eigenvalue weighted by molar-refractivity contribution is 5.50. The van der Waals surface area contributed by atoms with E-state index >= 15 is 0 Å². The molecule has 3 nitrogen and oxygen atoms in total. The Morgan fingerprint density at radius 3 is 3.06 bits per heavy atom. The summed E-state index contributed by atoms with van der Waals surface area (Å²) >= 11 is 0. The molecule has 17 heavy (non-hydrogen) atoms. The summed E-state index contributed by atoms with van der Waals surface area (Å²) in [6.07, 6.45) is 9.44. The molecule has 1 saturated heterocycles. The number of rotatable bonds is 4. The van der Waals surface area contributed by atoms with E-state index < -0.39 is 0 Å². The van der Waals surface area contributed by atoms with Crippen molar-refractivity contribution in [2.45, 2.75) is 26.4 Å². The predicted molar refractivity (Wildman–Crippen MR) is 70.0 cm³/mol. The summed E-state index contributed by atoms with van der Waals surface area (Å²) in [4.78, 5) is 4.19. The van der Waals surface area contributed by atoms with Crippen molar-refractivity contribution in [3.8, 4) is 5.75 Å². The molecule has 1 fully saturated rings. The fourth-order valence-corrected chi connectivity index (χ4v) is 1.95. The fraction of sp³-hybridized carbons (Fsp3) is 0.500. The third kappa shape index (κ3) is 3.86. The first-order valence-electron chi connectivity index (χ1n) is 6.24. The number of nitrogens with zero attached hydrogens (tertiary/aromatic N) is 1. The Morgan fingerprint density at radius 2 is 2.35 bits per heavy atom. The Labute approximate surface area is 103 Å². The molecule has 0 aromatic carbocycles. The minimum atomic E-state index is 0.190. The highest BCUT2D eigenvalue weighted by Gasteiger charge is 2.10. The highest BCUT2D eigenvalue weighted by Crippen LogP contribution is 2.16. The molecule has 0 spiro atoms. The number of nitrogens with one attached hydrogen (secondary N) is 1. The summed E-state index contributed by atoms with van der Waals surface area (Å²) < 4.78 is 5.62. The van der Waals surface area contributed by atoms with Gasteiger partial charge in [0, 0.05) is 12.7 Å². The second-order valence-electron chi connectivity index (χ2n) is 4.73. The Morgan fingerprint density at radius 1 is 1.47 bits per heavy atom. The van der Waals surface area contributed by atoms with Crippen LogP contribution < -0.4 is 10.1 Å². The standard InChI is InChI=1S/C14H20N2O/c1-11(2)17-14-7-13(9-16-10-14)4-3-12-5-6-15-8-12/h3-4,7,9-12,15H,5-6,8H2,1-2H3/t12-/m1/s1. The minimum absolute atomic E-state index is 0.190. The van der Waals surface area contributed by atoms with Gasteiger partial charge >= 0.3 is 0 Å². The van der Waals surface area contributed by atoms with Gasteiger partial charge in [-0.1, -0.05) is 12.2 Å². The molecule has 1 aliphatic heterocycles. The van der Waals surface area contributed by atoms with Crippen LogP contribution in [0.2, 0.25) is 0 Å².